The number of nitrogens with zero attached hydrogens (tertiary/aromatic N) is 3. The lowest BCUT2D eigenvalue weighted by Crippen LogP contribution is -2.24. The van der Waals surface area contributed by atoms with Crippen molar-refractivity contribution in [3.05, 3.63) is 40.7 Å². The number of rotatable bonds is 6. The van der Waals surface area contributed by atoms with Crippen molar-refractivity contribution in [2.45, 2.75) is 6.92 Å². The second kappa shape index (κ2) is 6.29. The van der Waals surface area contributed by atoms with Crippen molar-refractivity contribution < 1.29 is 4.92 Å². The molecule has 0 aliphatic carbocycles. The summed E-state index contributed by atoms with van der Waals surface area (Å²) in [6.07, 6.45) is 3.23. The fraction of sp³-hybridized carbons (Fsp3) is 0.357. The molecule has 0 saturated heterocycles. The zero-order valence-electron chi connectivity index (χ0n) is 11.7. The van der Waals surface area contributed by atoms with Gasteiger partial charge in [0.2, 0.25) is 0 Å². The predicted octanol–water partition coefficient (Wildman–Crippen LogP) is 2.51. The van der Waals surface area contributed by atoms with E-state index in [0.29, 0.717) is 5.39 Å². The molecule has 1 N–H and O–H groups in total. The number of benzene rings is 1. The summed E-state index contributed by atoms with van der Waals surface area (Å²) in [5.41, 5.74) is 0.988. The molecule has 0 fully saturated rings. The highest BCUT2D eigenvalue weighted by Crippen LogP contribution is 2.30. The van der Waals surface area contributed by atoms with E-state index in [1.54, 1.807) is 24.5 Å². The molecule has 6 heteroatoms. The van der Waals surface area contributed by atoms with E-state index in [0.717, 1.165) is 30.7 Å². The third kappa shape index (κ3) is 3.03. The van der Waals surface area contributed by atoms with Crippen molar-refractivity contribution in [1.82, 2.24) is 9.88 Å². The Morgan fingerprint density at radius 1 is 1.35 bits per heavy atom. The third-order valence-corrected chi connectivity index (χ3v) is 3.34. The van der Waals surface area contributed by atoms with Crippen LogP contribution in [0.4, 0.5) is 11.4 Å². The maximum absolute atomic E-state index is 11.0. The topological polar surface area (TPSA) is 71.3 Å². The quantitative estimate of drug-likeness (QED) is 0.647. The van der Waals surface area contributed by atoms with Gasteiger partial charge in [0.1, 0.15) is 0 Å². The third-order valence-electron chi connectivity index (χ3n) is 3.34. The van der Waals surface area contributed by atoms with Crippen LogP contribution in [-0.2, 0) is 0 Å². The van der Waals surface area contributed by atoms with Crippen molar-refractivity contribution in [2.24, 2.45) is 0 Å². The summed E-state index contributed by atoms with van der Waals surface area (Å²) >= 11 is 0. The fourth-order valence-corrected chi connectivity index (χ4v) is 2.03. The molecule has 0 aliphatic rings. The summed E-state index contributed by atoms with van der Waals surface area (Å²) in [7, 11) is 2.05. The van der Waals surface area contributed by atoms with Crippen LogP contribution in [0.2, 0.25) is 0 Å². The Labute approximate surface area is 117 Å². The zero-order chi connectivity index (χ0) is 14.5. The molecule has 0 saturated carbocycles. The van der Waals surface area contributed by atoms with E-state index in [4.69, 9.17) is 0 Å². The summed E-state index contributed by atoms with van der Waals surface area (Å²) in [4.78, 5) is 16.9. The molecule has 0 bridgehead atoms. The molecule has 6 nitrogen and oxygen atoms in total. The minimum Gasteiger partial charge on any atom is -0.383 e. The number of likely N-dealkylation sites (N-methyl/N-ethyl adjacent to an activating group) is 1. The van der Waals surface area contributed by atoms with Gasteiger partial charge in [0, 0.05) is 42.6 Å². The molecule has 1 aromatic carbocycles. The normalized spacial score (nSPS) is 10.9. The smallest absolute Gasteiger partial charge is 0.277 e. The van der Waals surface area contributed by atoms with Crippen LogP contribution in [0.5, 0.6) is 0 Å². The first kappa shape index (κ1) is 14.2. The number of hydrogen-bond acceptors (Lipinski definition) is 5. The highest BCUT2D eigenvalue weighted by Gasteiger charge is 2.13. The van der Waals surface area contributed by atoms with Gasteiger partial charge >= 0.3 is 0 Å². The van der Waals surface area contributed by atoms with Crippen LogP contribution in [0.3, 0.4) is 0 Å². The molecule has 0 unspecified atom stereocenters. The van der Waals surface area contributed by atoms with Crippen LogP contribution in [0, 0.1) is 10.1 Å². The summed E-state index contributed by atoms with van der Waals surface area (Å²) in [6, 6.07) is 4.96. The number of nitro benzene ring substituents is 1. The van der Waals surface area contributed by atoms with E-state index in [2.05, 4.69) is 29.2 Å². The van der Waals surface area contributed by atoms with E-state index in [1.165, 1.54) is 6.07 Å². The number of hydrogen-bond donors (Lipinski definition) is 1. The molecule has 1 aromatic heterocycles. The molecule has 20 heavy (non-hydrogen) atoms. The van der Waals surface area contributed by atoms with Gasteiger partial charge in [-0.3, -0.25) is 15.1 Å². The van der Waals surface area contributed by atoms with Gasteiger partial charge in [0.15, 0.2) is 0 Å². The average molecular weight is 274 g/mol. The summed E-state index contributed by atoms with van der Waals surface area (Å²) < 4.78 is 0. The molecule has 2 aromatic rings. The van der Waals surface area contributed by atoms with Crippen molar-refractivity contribution in [1.29, 1.82) is 0 Å². The Kier molecular flexibility index (Phi) is 4.47. The lowest BCUT2D eigenvalue weighted by molar-refractivity contribution is -0.383. The standard InChI is InChI=1S/C14H18N4O2/c1-3-17(2)9-8-16-13-4-5-14(18(19)20)11-6-7-15-10-12(11)13/h4-7,10,16H,3,8-9H2,1-2H3. The molecule has 0 radical (unpaired) electrons. The van der Waals surface area contributed by atoms with E-state index in [-0.39, 0.29) is 10.6 Å². The predicted molar refractivity (Wildman–Crippen MR) is 80.1 cm³/mol. The molecule has 1 heterocycles. The SMILES string of the molecule is CCN(C)CCNc1ccc([N+](=O)[O-])c2ccncc12. The second-order valence-corrected chi connectivity index (χ2v) is 4.63. The molecule has 106 valence electrons. The Hall–Kier alpha value is -2.21. The zero-order valence-corrected chi connectivity index (χ0v) is 11.7. The van der Waals surface area contributed by atoms with Crippen molar-refractivity contribution in [3.63, 3.8) is 0 Å². The van der Waals surface area contributed by atoms with Gasteiger partial charge in [-0.1, -0.05) is 6.92 Å². The van der Waals surface area contributed by atoms with E-state index >= 15 is 0 Å². The first-order valence-corrected chi connectivity index (χ1v) is 6.57. The monoisotopic (exact) mass is 274 g/mol. The largest absolute Gasteiger partial charge is 0.383 e. The molecule has 0 spiro atoms. The van der Waals surface area contributed by atoms with Crippen LogP contribution < -0.4 is 5.32 Å². The number of fused-ring (bicyclic) bond motifs is 1. The van der Waals surface area contributed by atoms with Gasteiger partial charge in [-0.05, 0) is 25.7 Å². The highest BCUT2D eigenvalue weighted by atomic mass is 16.6. The first-order valence-electron chi connectivity index (χ1n) is 6.57. The van der Waals surface area contributed by atoms with E-state index < -0.39 is 0 Å². The lowest BCUT2D eigenvalue weighted by Gasteiger charge is -2.15. The van der Waals surface area contributed by atoms with Crippen molar-refractivity contribution in [2.75, 3.05) is 32.0 Å². The van der Waals surface area contributed by atoms with Crippen molar-refractivity contribution in [3.8, 4) is 0 Å². The number of non-ortho nitro benzene ring substituents is 1. The Bertz CT molecular complexity index is 615. The molecular weight excluding hydrogens is 256 g/mol. The molecule has 0 amide bonds. The van der Waals surface area contributed by atoms with Gasteiger partial charge in [-0.15, -0.1) is 0 Å². The first-order chi connectivity index (χ1) is 9.63. The number of aromatic nitrogens is 1. The number of pyridine rings is 1. The minimum absolute atomic E-state index is 0.110. The summed E-state index contributed by atoms with van der Waals surface area (Å²) in [5, 5.41) is 15.7. The number of nitrogens with one attached hydrogen (secondary N) is 1. The van der Waals surface area contributed by atoms with Crippen LogP contribution in [-0.4, -0.2) is 41.5 Å². The van der Waals surface area contributed by atoms with Crippen LogP contribution in [0.1, 0.15) is 6.92 Å². The maximum Gasteiger partial charge on any atom is 0.277 e. The van der Waals surface area contributed by atoms with Gasteiger partial charge in [0.05, 0.1) is 10.3 Å². The van der Waals surface area contributed by atoms with Crippen molar-refractivity contribution >= 4 is 22.1 Å². The van der Waals surface area contributed by atoms with Gasteiger partial charge in [-0.25, -0.2) is 0 Å². The summed E-state index contributed by atoms with van der Waals surface area (Å²) in [5.74, 6) is 0. The Morgan fingerprint density at radius 3 is 2.85 bits per heavy atom. The Morgan fingerprint density at radius 2 is 2.15 bits per heavy atom. The molecule has 0 aliphatic heterocycles. The van der Waals surface area contributed by atoms with Crippen LogP contribution >= 0.6 is 0 Å². The Balaban J connectivity index is 2.27. The molecule has 2 rings (SSSR count). The second-order valence-electron chi connectivity index (χ2n) is 4.63. The molecular formula is C14H18N4O2. The minimum atomic E-state index is -0.364. The molecule has 0 atom stereocenters. The lowest BCUT2D eigenvalue weighted by atomic mass is 10.1. The number of nitro groups is 1. The summed E-state index contributed by atoms with van der Waals surface area (Å²) in [6.45, 7) is 4.79. The van der Waals surface area contributed by atoms with Gasteiger partial charge in [0.25, 0.3) is 5.69 Å². The highest BCUT2D eigenvalue weighted by molar-refractivity contribution is 5.99. The van der Waals surface area contributed by atoms with E-state index in [9.17, 15) is 10.1 Å². The van der Waals surface area contributed by atoms with Gasteiger partial charge in [-0.2, -0.15) is 0 Å². The van der Waals surface area contributed by atoms with Crippen LogP contribution in [0.15, 0.2) is 30.6 Å². The van der Waals surface area contributed by atoms with Gasteiger partial charge < -0.3 is 10.2 Å². The average Bonchev–Trinajstić information content (AvgIpc) is 2.46. The fourth-order valence-electron chi connectivity index (χ4n) is 2.03. The van der Waals surface area contributed by atoms with Crippen LogP contribution in [0.25, 0.3) is 10.8 Å². The number of anilines is 1. The van der Waals surface area contributed by atoms with E-state index in [1.807, 2.05) is 0 Å². The maximum atomic E-state index is 11.0.